The minimum atomic E-state index is -0.215. The highest BCUT2D eigenvalue weighted by molar-refractivity contribution is 5.93. The number of aromatic nitrogens is 4. The number of rotatable bonds is 3. The standard InChI is InChI=1S/C16H19N5O2/c1-10-6-17-15(20-10)13-9-21(4-5-23-13)16(22)12-7-18-14(19-8-12)11-2-3-11/h6-8,11,13H,2-5,9H2,1H3,(H,17,20)/t13-/m0/s1. The second kappa shape index (κ2) is 5.73. The number of carbonyl (C=O) groups excluding carboxylic acids is 1. The Morgan fingerprint density at radius 1 is 1.26 bits per heavy atom. The lowest BCUT2D eigenvalue weighted by atomic mass is 10.2. The van der Waals surface area contributed by atoms with E-state index in [2.05, 4.69) is 19.9 Å². The molecule has 0 spiro atoms. The molecule has 7 heteroatoms. The maximum absolute atomic E-state index is 12.6. The van der Waals surface area contributed by atoms with Crippen molar-refractivity contribution in [2.24, 2.45) is 0 Å². The van der Waals surface area contributed by atoms with Crippen LogP contribution in [0.5, 0.6) is 0 Å². The first kappa shape index (κ1) is 14.3. The van der Waals surface area contributed by atoms with Gasteiger partial charge in [-0.25, -0.2) is 15.0 Å². The minimum Gasteiger partial charge on any atom is -0.367 e. The molecule has 1 saturated carbocycles. The van der Waals surface area contributed by atoms with E-state index in [0.29, 0.717) is 31.2 Å². The van der Waals surface area contributed by atoms with Crippen molar-refractivity contribution in [1.29, 1.82) is 0 Å². The van der Waals surface area contributed by atoms with Crippen molar-refractivity contribution in [3.63, 3.8) is 0 Å². The van der Waals surface area contributed by atoms with Gasteiger partial charge in [0, 0.05) is 36.7 Å². The first-order valence-electron chi connectivity index (χ1n) is 7.95. The molecule has 4 rings (SSSR count). The molecular formula is C16H19N5O2. The van der Waals surface area contributed by atoms with Gasteiger partial charge in [-0.2, -0.15) is 0 Å². The van der Waals surface area contributed by atoms with Gasteiger partial charge in [-0.15, -0.1) is 0 Å². The van der Waals surface area contributed by atoms with Crippen LogP contribution in [-0.2, 0) is 4.74 Å². The maximum atomic E-state index is 12.6. The third kappa shape index (κ3) is 2.96. The van der Waals surface area contributed by atoms with E-state index in [1.807, 2.05) is 6.92 Å². The summed E-state index contributed by atoms with van der Waals surface area (Å²) in [5.74, 6) is 2.06. The Labute approximate surface area is 134 Å². The van der Waals surface area contributed by atoms with Crippen LogP contribution in [0.4, 0.5) is 0 Å². The molecule has 2 aromatic rings. The first-order valence-corrected chi connectivity index (χ1v) is 7.95. The number of morpholine rings is 1. The molecule has 120 valence electrons. The van der Waals surface area contributed by atoms with Gasteiger partial charge in [0.1, 0.15) is 17.8 Å². The molecule has 2 fully saturated rings. The number of aromatic amines is 1. The molecule has 1 amide bonds. The summed E-state index contributed by atoms with van der Waals surface area (Å²) in [7, 11) is 0. The third-order valence-electron chi connectivity index (χ3n) is 4.24. The van der Waals surface area contributed by atoms with Crippen LogP contribution in [0.25, 0.3) is 0 Å². The molecule has 2 aromatic heterocycles. The number of nitrogens with one attached hydrogen (secondary N) is 1. The molecule has 0 aromatic carbocycles. The Morgan fingerprint density at radius 2 is 2.04 bits per heavy atom. The number of carbonyl (C=O) groups is 1. The summed E-state index contributed by atoms with van der Waals surface area (Å²) in [6.45, 7) is 3.49. The van der Waals surface area contributed by atoms with Gasteiger partial charge in [0.05, 0.1) is 18.7 Å². The lowest BCUT2D eigenvalue weighted by molar-refractivity contribution is -0.0265. The van der Waals surface area contributed by atoms with Crippen LogP contribution in [0.2, 0.25) is 0 Å². The average Bonchev–Trinajstić information content (AvgIpc) is 3.36. The van der Waals surface area contributed by atoms with E-state index in [-0.39, 0.29) is 12.0 Å². The SMILES string of the molecule is Cc1cnc([C@@H]2CN(C(=O)c3cnc(C4CC4)nc3)CCO2)[nH]1. The van der Waals surface area contributed by atoms with E-state index >= 15 is 0 Å². The predicted molar refractivity (Wildman–Crippen MR) is 81.9 cm³/mol. The summed E-state index contributed by atoms with van der Waals surface area (Å²) in [5, 5.41) is 0. The highest BCUT2D eigenvalue weighted by Gasteiger charge is 2.29. The zero-order valence-electron chi connectivity index (χ0n) is 13.0. The molecule has 1 atom stereocenters. The number of ether oxygens (including phenoxy) is 1. The lowest BCUT2D eigenvalue weighted by Gasteiger charge is -2.32. The van der Waals surface area contributed by atoms with Gasteiger partial charge < -0.3 is 14.6 Å². The molecule has 1 aliphatic carbocycles. The number of H-pyrrole nitrogens is 1. The molecule has 0 unspecified atom stereocenters. The van der Waals surface area contributed by atoms with Gasteiger partial charge in [0.15, 0.2) is 0 Å². The summed E-state index contributed by atoms with van der Waals surface area (Å²) in [5.41, 5.74) is 1.52. The quantitative estimate of drug-likeness (QED) is 0.930. The number of nitrogens with zero attached hydrogens (tertiary/aromatic N) is 4. The normalized spacial score (nSPS) is 21.4. The Bertz CT molecular complexity index is 708. The number of imidazole rings is 1. The van der Waals surface area contributed by atoms with Crippen LogP contribution >= 0.6 is 0 Å². The molecular weight excluding hydrogens is 294 g/mol. The van der Waals surface area contributed by atoms with E-state index in [4.69, 9.17) is 4.74 Å². The highest BCUT2D eigenvalue weighted by Crippen LogP contribution is 2.37. The van der Waals surface area contributed by atoms with E-state index in [9.17, 15) is 4.79 Å². The molecule has 7 nitrogen and oxygen atoms in total. The monoisotopic (exact) mass is 313 g/mol. The molecule has 23 heavy (non-hydrogen) atoms. The number of aryl methyl sites for hydroxylation is 1. The zero-order chi connectivity index (χ0) is 15.8. The number of amides is 1. The summed E-state index contributed by atoms with van der Waals surface area (Å²) >= 11 is 0. The molecule has 1 N–H and O–H groups in total. The van der Waals surface area contributed by atoms with Crippen LogP contribution in [0.3, 0.4) is 0 Å². The van der Waals surface area contributed by atoms with Gasteiger partial charge in [-0.1, -0.05) is 0 Å². The van der Waals surface area contributed by atoms with Crippen LogP contribution in [-0.4, -0.2) is 50.4 Å². The van der Waals surface area contributed by atoms with Crippen molar-refractivity contribution < 1.29 is 9.53 Å². The van der Waals surface area contributed by atoms with Crippen LogP contribution in [0.15, 0.2) is 18.6 Å². The number of hydrogen-bond donors (Lipinski definition) is 1. The maximum Gasteiger partial charge on any atom is 0.257 e. The average molecular weight is 313 g/mol. The van der Waals surface area contributed by atoms with Crippen molar-refractivity contribution in [1.82, 2.24) is 24.8 Å². The fraction of sp³-hybridized carbons (Fsp3) is 0.500. The van der Waals surface area contributed by atoms with Gasteiger partial charge in [-0.3, -0.25) is 4.79 Å². The van der Waals surface area contributed by atoms with Crippen LogP contribution in [0, 0.1) is 6.92 Å². The molecule has 1 aliphatic heterocycles. The zero-order valence-corrected chi connectivity index (χ0v) is 13.0. The summed E-state index contributed by atoms with van der Waals surface area (Å²) in [6, 6.07) is 0. The topological polar surface area (TPSA) is 84.0 Å². The van der Waals surface area contributed by atoms with Crippen molar-refractivity contribution >= 4 is 5.91 Å². The third-order valence-corrected chi connectivity index (χ3v) is 4.24. The molecule has 0 bridgehead atoms. The predicted octanol–water partition coefficient (Wildman–Crippen LogP) is 1.60. The summed E-state index contributed by atoms with van der Waals surface area (Å²) in [4.78, 5) is 30.5. The fourth-order valence-corrected chi connectivity index (χ4v) is 2.78. The Balaban J connectivity index is 1.46. The second-order valence-electron chi connectivity index (χ2n) is 6.17. The van der Waals surface area contributed by atoms with Crippen LogP contribution in [0.1, 0.15) is 52.6 Å². The second-order valence-corrected chi connectivity index (χ2v) is 6.17. The highest BCUT2D eigenvalue weighted by atomic mass is 16.5. The van der Waals surface area contributed by atoms with Gasteiger partial charge in [0.25, 0.3) is 5.91 Å². The molecule has 2 aliphatic rings. The van der Waals surface area contributed by atoms with E-state index in [0.717, 1.165) is 30.2 Å². The minimum absolute atomic E-state index is 0.0519. The van der Waals surface area contributed by atoms with Gasteiger partial charge in [0.2, 0.25) is 0 Å². The van der Waals surface area contributed by atoms with Crippen molar-refractivity contribution in [3.05, 3.63) is 41.5 Å². The number of hydrogen-bond acceptors (Lipinski definition) is 5. The lowest BCUT2D eigenvalue weighted by Crippen LogP contribution is -2.42. The fourth-order valence-electron chi connectivity index (χ4n) is 2.78. The van der Waals surface area contributed by atoms with Crippen molar-refractivity contribution in [2.75, 3.05) is 19.7 Å². The largest absolute Gasteiger partial charge is 0.367 e. The Morgan fingerprint density at radius 3 is 2.70 bits per heavy atom. The van der Waals surface area contributed by atoms with Crippen molar-refractivity contribution in [3.8, 4) is 0 Å². The van der Waals surface area contributed by atoms with E-state index in [1.54, 1.807) is 23.5 Å². The van der Waals surface area contributed by atoms with Crippen LogP contribution < -0.4 is 0 Å². The van der Waals surface area contributed by atoms with E-state index < -0.39 is 0 Å². The van der Waals surface area contributed by atoms with E-state index in [1.165, 1.54) is 0 Å². The molecule has 3 heterocycles. The first-order chi connectivity index (χ1) is 11.2. The smallest absolute Gasteiger partial charge is 0.257 e. The van der Waals surface area contributed by atoms with Gasteiger partial charge in [-0.05, 0) is 19.8 Å². The Kier molecular flexibility index (Phi) is 3.57. The summed E-state index contributed by atoms with van der Waals surface area (Å²) in [6.07, 6.45) is 7.15. The summed E-state index contributed by atoms with van der Waals surface area (Å²) < 4.78 is 5.73. The molecule has 1 saturated heterocycles. The Hall–Kier alpha value is -2.28. The van der Waals surface area contributed by atoms with Crippen molar-refractivity contribution in [2.45, 2.75) is 31.8 Å². The molecule has 0 radical (unpaired) electrons. The van der Waals surface area contributed by atoms with Gasteiger partial charge >= 0.3 is 0 Å².